The molecule has 0 amide bonds. The van der Waals surface area contributed by atoms with Crippen molar-refractivity contribution in [1.29, 1.82) is 0 Å². The van der Waals surface area contributed by atoms with Gasteiger partial charge >= 0.3 is 0 Å². The van der Waals surface area contributed by atoms with E-state index >= 15 is 0 Å². The molecule has 0 saturated heterocycles. The molecule has 4 heteroatoms. The van der Waals surface area contributed by atoms with Gasteiger partial charge in [0.2, 0.25) is 0 Å². The molecule has 1 fully saturated rings. The summed E-state index contributed by atoms with van der Waals surface area (Å²) in [6.45, 7) is 9.56. The molecule has 0 aromatic carbocycles. The van der Waals surface area contributed by atoms with Gasteiger partial charge in [0.15, 0.2) is 5.96 Å². The highest BCUT2D eigenvalue weighted by atomic mass is 16.5. The average molecular weight is 253 g/mol. The number of ether oxygens (including phenoxy) is 1. The summed E-state index contributed by atoms with van der Waals surface area (Å²) in [5.41, 5.74) is 7.15. The first-order valence-electron chi connectivity index (χ1n) is 6.66. The summed E-state index contributed by atoms with van der Waals surface area (Å²) in [5, 5.41) is 3.06. The summed E-state index contributed by atoms with van der Waals surface area (Å²) in [6, 6.07) is 0. The quantitative estimate of drug-likeness (QED) is 0.448. The summed E-state index contributed by atoms with van der Waals surface area (Å²) in [5.74, 6) is 0.521. The minimum atomic E-state index is 0.268. The third kappa shape index (κ3) is 5.08. The Bertz CT molecular complexity index is 304. The third-order valence-corrected chi connectivity index (χ3v) is 3.68. The topological polar surface area (TPSA) is 59.6 Å². The molecule has 1 rings (SSSR count). The van der Waals surface area contributed by atoms with Crippen LogP contribution in [0.15, 0.2) is 17.1 Å². The largest absolute Gasteiger partial charge is 0.381 e. The van der Waals surface area contributed by atoms with Crippen LogP contribution in [0.3, 0.4) is 0 Å². The second-order valence-electron chi connectivity index (χ2n) is 5.76. The molecule has 0 aromatic rings. The Morgan fingerprint density at radius 3 is 2.61 bits per heavy atom. The lowest BCUT2D eigenvalue weighted by Gasteiger charge is -2.35. The Morgan fingerprint density at radius 1 is 1.50 bits per heavy atom. The van der Waals surface area contributed by atoms with Gasteiger partial charge in [0.25, 0.3) is 0 Å². The maximum atomic E-state index is 5.82. The van der Waals surface area contributed by atoms with Crippen LogP contribution in [0.1, 0.15) is 39.5 Å². The molecule has 4 nitrogen and oxygen atoms in total. The van der Waals surface area contributed by atoms with Crippen LogP contribution in [0.4, 0.5) is 0 Å². The van der Waals surface area contributed by atoms with Crippen molar-refractivity contribution in [3.8, 4) is 0 Å². The van der Waals surface area contributed by atoms with Crippen molar-refractivity contribution in [3.63, 3.8) is 0 Å². The molecule has 0 radical (unpaired) electrons. The monoisotopic (exact) mass is 253 g/mol. The van der Waals surface area contributed by atoms with Crippen LogP contribution in [-0.2, 0) is 4.74 Å². The Labute approximate surface area is 111 Å². The number of nitrogens with zero attached hydrogens (tertiary/aromatic N) is 1. The summed E-state index contributed by atoms with van der Waals surface area (Å²) in [6.07, 6.45) is 5.00. The summed E-state index contributed by atoms with van der Waals surface area (Å²) in [4.78, 5) is 4.44. The standard InChI is InChI=1S/C14H27N3O/c1-11(2)9-16-13(15)17-10-14(3)7-5-12(18-4)6-8-14/h12H,1,5-10H2,2-4H3,(H3,15,16,17). The Balaban J connectivity index is 2.37. The van der Waals surface area contributed by atoms with E-state index in [-0.39, 0.29) is 5.41 Å². The number of aliphatic imine (C=N–C) groups is 1. The minimum Gasteiger partial charge on any atom is -0.381 e. The maximum absolute atomic E-state index is 5.82. The molecular formula is C14H27N3O. The molecule has 3 N–H and O–H groups in total. The molecular weight excluding hydrogens is 226 g/mol. The Hall–Kier alpha value is -1.03. The van der Waals surface area contributed by atoms with E-state index in [1.54, 1.807) is 7.11 Å². The second-order valence-corrected chi connectivity index (χ2v) is 5.76. The van der Waals surface area contributed by atoms with Crippen molar-refractivity contribution in [3.05, 3.63) is 12.2 Å². The van der Waals surface area contributed by atoms with E-state index in [4.69, 9.17) is 10.5 Å². The number of hydrogen-bond donors (Lipinski definition) is 2. The average Bonchev–Trinajstić information content (AvgIpc) is 2.35. The zero-order chi connectivity index (χ0) is 13.6. The molecule has 1 aliphatic rings. The predicted molar refractivity (Wildman–Crippen MR) is 76.7 cm³/mol. The van der Waals surface area contributed by atoms with Crippen molar-refractivity contribution in [2.45, 2.75) is 45.6 Å². The molecule has 18 heavy (non-hydrogen) atoms. The van der Waals surface area contributed by atoms with Gasteiger partial charge in [-0.2, -0.15) is 0 Å². The van der Waals surface area contributed by atoms with E-state index in [0.29, 0.717) is 18.6 Å². The van der Waals surface area contributed by atoms with E-state index in [1.165, 1.54) is 0 Å². The summed E-state index contributed by atoms with van der Waals surface area (Å²) >= 11 is 0. The van der Waals surface area contributed by atoms with Gasteiger partial charge in [-0.1, -0.05) is 19.1 Å². The van der Waals surface area contributed by atoms with Crippen LogP contribution < -0.4 is 11.1 Å². The smallest absolute Gasteiger partial charge is 0.188 e. The van der Waals surface area contributed by atoms with Crippen molar-refractivity contribution < 1.29 is 4.74 Å². The number of nitrogens with one attached hydrogen (secondary N) is 1. The number of rotatable bonds is 5. The van der Waals surface area contributed by atoms with E-state index < -0.39 is 0 Å². The molecule has 1 aliphatic carbocycles. The van der Waals surface area contributed by atoms with Gasteiger partial charge in [0, 0.05) is 20.2 Å². The van der Waals surface area contributed by atoms with Crippen LogP contribution in [0.25, 0.3) is 0 Å². The number of guanidine groups is 1. The van der Waals surface area contributed by atoms with Crippen molar-refractivity contribution in [2.75, 3.05) is 20.2 Å². The first-order valence-corrected chi connectivity index (χ1v) is 6.66. The lowest BCUT2D eigenvalue weighted by atomic mass is 9.75. The molecule has 0 atom stereocenters. The summed E-state index contributed by atoms with van der Waals surface area (Å²) in [7, 11) is 1.80. The highest BCUT2D eigenvalue weighted by Gasteiger charge is 2.30. The molecule has 0 aromatic heterocycles. The fraction of sp³-hybridized carbons (Fsp3) is 0.786. The number of nitrogens with two attached hydrogens (primary N) is 1. The third-order valence-electron chi connectivity index (χ3n) is 3.68. The van der Waals surface area contributed by atoms with Crippen molar-refractivity contribution in [2.24, 2.45) is 16.1 Å². The Morgan fingerprint density at radius 2 is 2.11 bits per heavy atom. The fourth-order valence-electron chi connectivity index (χ4n) is 2.26. The van der Waals surface area contributed by atoms with E-state index in [2.05, 4.69) is 23.8 Å². The number of hydrogen-bond acceptors (Lipinski definition) is 2. The van der Waals surface area contributed by atoms with Gasteiger partial charge in [0.05, 0.1) is 6.10 Å². The van der Waals surface area contributed by atoms with Crippen LogP contribution >= 0.6 is 0 Å². The lowest BCUT2D eigenvalue weighted by molar-refractivity contribution is 0.0353. The van der Waals surface area contributed by atoms with Gasteiger partial charge in [0.1, 0.15) is 0 Å². The fourth-order valence-corrected chi connectivity index (χ4v) is 2.26. The van der Waals surface area contributed by atoms with Crippen LogP contribution in [0.2, 0.25) is 0 Å². The zero-order valence-electron chi connectivity index (χ0n) is 12.0. The van der Waals surface area contributed by atoms with E-state index in [0.717, 1.165) is 37.8 Å². The first kappa shape index (κ1) is 15.0. The molecule has 1 saturated carbocycles. The molecule has 104 valence electrons. The molecule has 0 spiro atoms. The van der Waals surface area contributed by atoms with Gasteiger partial charge in [-0.05, 0) is 38.0 Å². The van der Waals surface area contributed by atoms with Gasteiger partial charge in [-0.15, -0.1) is 0 Å². The second kappa shape index (κ2) is 6.78. The van der Waals surface area contributed by atoms with Gasteiger partial charge < -0.3 is 15.8 Å². The van der Waals surface area contributed by atoms with E-state index in [1.807, 2.05) is 6.92 Å². The zero-order valence-corrected chi connectivity index (χ0v) is 12.0. The lowest BCUT2D eigenvalue weighted by Crippen LogP contribution is -2.35. The highest BCUT2D eigenvalue weighted by molar-refractivity contribution is 5.78. The van der Waals surface area contributed by atoms with E-state index in [9.17, 15) is 0 Å². The molecule has 0 heterocycles. The van der Waals surface area contributed by atoms with Gasteiger partial charge in [-0.25, -0.2) is 0 Å². The first-order chi connectivity index (χ1) is 8.45. The molecule has 0 aliphatic heterocycles. The normalized spacial score (nSPS) is 29.1. The van der Waals surface area contributed by atoms with Crippen LogP contribution in [-0.4, -0.2) is 32.3 Å². The van der Waals surface area contributed by atoms with Crippen molar-refractivity contribution in [1.82, 2.24) is 5.32 Å². The van der Waals surface area contributed by atoms with Crippen LogP contribution in [0.5, 0.6) is 0 Å². The molecule has 0 unspecified atom stereocenters. The van der Waals surface area contributed by atoms with Crippen molar-refractivity contribution >= 4 is 5.96 Å². The maximum Gasteiger partial charge on any atom is 0.188 e. The SMILES string of the molecule is C=C(C)CNC(N)=NCC1(C)CCC(OC)CC1. The minimum absolute atomic E-state index is 0.268. The highest BCUT2D eigenvalue weighted by Crippen LogP contribution is 2.36. The predicted octanol–water partition coefficient (Wildman–Crippen LogP) is 2.06. The summed E-state index contributed by atoms with van der Waals surface area (Å²) < 4.78 is 5.39. The Kier molecular flexibility index (Phi) is 5.66. The number of methoxy groups -OCH3 is 1. The van der Waals surface area contributed by atoms with Gasteiger partial charge in [-0.3, -0.25) is 4.99 Å². The molecule has 0 bridgehead atoms. The van der Waals surface area contributed by atoms with Crippen LogP contribution in [0, 0.1) is 5.41 Å².